The fraction of sp³-hybridized carbons (Fsp3) is 0.522. The van der Waals surface area contributed by atoms with E-state index < -0.39 is 32.6 Å². The summed E-state index contributed by atoms with van der Waals surface area (Å²) >= 11 is 0. The van der Waals surface area contributed by atoms with Crippen LogP contribution in [0.2, 0.25) is 0 Å². The Morgan fingerprint density at radius 2 is 1.72 bits per heavy atom. The number of rotatable bonds is 5. The molecule has 1 aromatic carbocycles. The number of benzene rings is 1. The number of furan rings is 1. The highest BCUT2D eigenvalue weighted by Gasteiger charge is 2.34. The van der Waals surface area contributed by atoms with Crippen molar-refractivity contribution in [1.82, 2.24) is 4.72 Å². The summed E-state index contributed by atoms with van der Waals surface area (Å²) in [6, 6.07) is 2.99. The zero-order chi connectivity index (χ0) is 23.8. The number of amides is 2. The van der Waals surface area contributed by atoms with Crippen molar-refractivity contribution in [2.45, 2.75) is 82.8 Å². The highest BCUT2D eigenvalue weighted by Crippen LogP contribution is 2.37. The molecule has 1 atom stereocenters. The number of aryl methyl sites for hydroxylation is 1. The summed E-state index contributed by atoms with van der Waals surface area (Å²) in [6.07, 6.45) is 2.57. The van der Waals surface area contributed by atoms with Crippen LogP contribution < -0.4 is 10.0 Å². The van der Waals surface area contributed by atoms with Crippen LogP contribution in [0.15, 0.2) is 27.7 Å². The molecule has 1 aliphatic rings. The third-order valence-corrected chi connectivity index (χ3v) is 7.01. The maximum atomic E-state index is 14.1. The van der Waals surface area contributed by atoms with Crippen LogP contribution in [0, 0.1) is 5.82 Å². The first-order valence-corrected chi connectivity index (χ1v) is 12.3. The number of anilines is 1. The van der Waals surface area contributed by atoms with Gasteiger partial charge in [-0.05, 0) is 61.3 Å². The largest absolute Gasteiger partial charge is 0.447 e. The van der Waals surface area contributed by atoms with Gasteiger partial charge in [0.25, 0.3) is 10.0 Å². The molecule has 1 heterocycles. The van der Waals surface area contributed by atoms with Crippen molar-refractivity contribution < 1.29 is 27.1 Å². The monoisotopic (exact) mass is 466 g/mol. The van der Waals surface area contributed by atoms with Crippen molar-refractivity contribution in [2.24, 2.45) is 0 Å². The minimum absolute atomic E-state index is 0.0990. The lowest BCUT2D eigenvalue weighted by Gasteiger charge is -2.20. The zero-order valence-electron chi connectivity index (χ0n) is 19.1. The minimum Gasteiger partial charge on any atom is -0.447 e. The minimum atomic E-state index is -4.32. The molecule has 0 aliphatic heterocycles. The highest BCUT2D eigenvalue weighted by atomic mass is 32.2. The van der Waals surface area contributed by atoms with Crippen LogP contribution in [-0.4, -0.2) is 19.6 Å². The second-order valence-electron chi connectivity index (χ2n) is 9.21. The van der Waals surface area contributed by atoms with Crippen LogP contribution >= 0.6 is 0 Å². The Morgan fingerprint density at radius 1 is 1.12 bits per heavy atom. The van der Waals surface area contributed by atoms with E-state index in [1.165, 1.54) is 18.2 Å². The Kier molecular flexibility index (Phi) is 6.72. The molecule has 0 fully saturated rings. The van der Waals surface area contributed by atoms with Crippen molar-refractivity contribution in [3.63, 3.8) is 0 Å². The Bertz CT molecular complexity index is 1090. The van der Waals surface area contributed by atoms with E-state index in [1.54, 1.807) is 6.92 Å². The van der Waals surface area contributed by atoms with Gasteiger partial charge in [-0.3, -0.25) is 0 Å². The molecule has 0 spiro atoms. The molecule has 9 heteroatoms. The average molecular weight is 467 g/mol. The molecule has 0 bridgehead atoms. The lowest BCUT2D eigenvalue weighted by molar-refractivity contribution is 0.0468. The van der Waals surface area contributed by atoms with Gasteiger partial charge in [0.15, 0.2) is 0 Å². The number of sulfonamides is 1. The van der Waals surface area contributed by atoms with Crippen molar-refractivity contribution in [1.29, 1.82) is 0 Å². The predicted molar refractivity (Wildman–Crippen MR) is 120 cm³/mol. The van der Waals surface area contributed by atoms with Gasteiger partial charge in [-0.2, -0.15) is 8.42 Å². The molecular weight excluding hydrogens is 435 g/mol. The average Bonchev–Trinajstić information content (AvgIpc) is 3.06. The lowest BCUT2D eigenvalue weighted by Crippen LogP contribution is -2.35. The van der Waals surface area contributed by atoms with Gasteiger partial charge in [0.1, 0.15) is 11.6 Å². The van der Waals surface area contributed by atoms with Gasteiger partial charge in [0.05, 0.1) is 5.60 Å². The molecule has 176 valence electrons. The fourth-order valence-corrected chi connectivity index (χ4v) is 4.96. The first kappa shape index (κ1) is 24.3. The van der Waals surface area contributed by atoms with Gasteiger partial charge in [-0.1, -0.05) is 27.7 Å². The number of halogens is 1. The number of urea groups is 1. The Hall–Kier alpha value is -2.39. The number of aliphatic hydroxyl groups is 1. The predicted octanol–water partition coefficient (Wildman–Crippen LogP) is 5.11. The molecular formula is C23H31FN2O5S. The van der Waals surface area contributed by atoms with E-state index >= 15 is 0 Å². The first-order valence-electron chi connectivity index (χ1n) is 10.8. The summed E-state index contributed by atoms with van der Waals surface area (Å²) < 4.78 is 47.3. The van der Waals surface area contributed by atoms with Crippen LogP contribution in [0.1, 0.15) is 88.2 Å². The molecule has 0 saturated carbocycles. The maximum Gasteiger partial charge on any atom is 0.333 e. The van der Waals surface area contributed by atoms with E-state index in [1.807, 2.05) is 32.4 Å². The molecule has 2 amide bonds. The van der Waals surface area contributed by atoms with E-state index in [0.717, 1.165) is 12.8 Å². The molecule has 1 unspecified atom stereocenters. The number of carbonyl (C=O) groups is 1. The van der Waals surface area contributed by atoms with Crippen LogP contribution in [0.5, 0.6) is 0 Å². The maximum absolute atomic E-state index is 14.1. The van der Waals surface area contributed by atoms with Crippen LogP contribution in [-0.2, 0) is 22.0 Å². The standard InChI is InChI=1S/C23H31FN2O5S/c1-13(2)16-10-15(24)11-17(14(3)4)21(16)25-22(27)26-32(29,30)20-12-18-19(31-20)8-6-7-9-23(18,5)28/h10-14,28H,6-9H2,1-5H3,(H2,25,26,27). The Labute approximate surface area is 188 Å². The summed E-state index contributed by atoms with van der Waals surface area (Å²) in [5.41, 5.74) is 0.766. The van der Waals surface area contributed by atoms with E-state index in [2.05, 4.69) is 5.32 Å². The van der Waals surface area contributed by atoms with Gasteiger partial charge in [-0.25, -0.2) is 13.9 Å². The number of carbonyl (C=O) groups excluding carboxylic acids is 1. The number of hydrogen-bond acceptors (Lipinski definition) is 5. The van der Waals surface area contributed by atoms with Crippen molar-refractivity contribution in [3.8, 4) is 0 Å². The summed E-state index contributed by atoms with van der Waals surface area (Å²) in [7, 11) is -4.32. The summed E-state index contributed by atoms with van der Waals surface area (Å²) in [5.74, 6) is -0.202. The summed E-state index contributed by atoms with van der Waals surface area (Å²) in [6.45, 7) is 9.07. The van der Waals surface area contributed by atoms with Gasteiger partial charge in [0, 0.05) is 23.7 Å². The van der Waals surface area contributed by atoms with Crippen LogP contribution in [0.3, 0.4) is 0 Å². The fourth-order valence-electron chi connectivity index (χ4n) is 4.08. The summed E-state index contributed by atoms with van der Waals surface area (Å²) in [4.78, 5) is 12.7. The van der Waals surface area contributed by atoms with Crippen molar-refractivity contribution in [3.05, 3.63) is 46.5 Å². The Balaban J connectivity index is 1.89. The molecule has 32 heavy (non-hydrogen) atoms. The van der Waals surface area contributed by atoms with E-state index in [9.17, 15) is 22.7 Å². The lowest BCUT2D eigenvalue weighted by atomic mass is 9.92. The SMILES string of the molecule is CC(C)c1cc(F)cc(C(C)C)c1NC(=O)NS(=O)(=O)c1cc2c(o1)CCCCC2(C)O. The molecule has 7 nitrogen and oxygen atoms in total. The van der Waals surface area contributed by atoms with E-state index in [-0.39, 0.29) is 11.8 Å². The number of fused-ring (bicyclic) bond motifs is 1. The van der Waals surface area contributed by atoms with E-state index in [4.69, 9.17) is 4.42 Å². The molecule has 2 aromatic rings. The van der Waals surface area contributed by atoms with Crippen LogP contribution in [0.4, 0.5) is 14.9 Å². The third-order valence-electron chi connectivity index (χ3n) is 5.82. The summed E-state index contributed by atoms with van der Waals surface area (Å²) in [5, 5.41) is 12.8. The number of nitrogens with one attached hydrogen (secondary N) is 2. The quantitative estimate of drug-likeness (QED) is 0.531. The molecule has 1 aliphatic carbocycles. The molecule has 0 saturated heterocycles. The van der Waals surface area contributed by atoms with Crippen molar-refractivity contribution >= 4 is 21.7 Å². The van der Waals surface area contributed by atoms with E-state index in [0.29, 0.717) is 41.0 Å². The third kappa shape index (κ3) is 4.99. The van der Waals surface area contributed by atoms with Crippen molar-refractivity contribution in [2.75, 3.05) is 5.32 Å². The second-order valence-corrected chi connectivity index (χ2v) is 10.8. The topological polar surface area (TPSA) is 109 Å². The number of hydrogen-bond donors (Lipinski definition) is 3. The molecule has 0 radical (unpaired) electrons. The van der Waals surface area contributed by atoms with Gasteiger partial charge in [-0.15, -0.1) is 0 Å². The van der Waals surface area contributed by atoms with Crippen LogP contribution in [0.25, 0.3) is 0 Å². The highest BCUT2D eigenvalue weighted by molar-refractivity contribution is 7.89. The normalized spacial score (nSPS) is 19.0. The molecule has 3 rings (SSSR count). The first-order chi connectivity index (χ1) is 14.8. The zero-order valence-corrected chi connectivity index (χ0v) is 19.9. The smallest absolute Gasteiger partial charge is 0.333 e. The van der Waals surface area contributed by atoms with Gasteiger partial charge >= 0.3 is 6.03 Å². The van der Waals surface area contributed by atoms with Gasteiger partial charge in [0.2, 0.25) is 5.09 Å². The molecule has 3 N–H and O–H groups in total. The van der Waals surface area contributed by atoms with Gasteiger partial charge < -0.3 is 14.8 Å². The molecule has 1 aromatic heterocycles. The second kappa shape index (κ2) is 8.86. The Morgan fingerprint density at radius 3 is 2.28 bits per heavy atom.